The van der Waals surface area contributed by atoms with Crippen LogP contribution in [0.5, 0.6) is 5.75 Å². The van der Waals surface area contributed by atoms with E-state index in [2.05, 4.69) is 0 Å². The van der Waals surface area contributed by atoms with Gasteiger partial charge in [0.2, 0.25) is 5.78 Å². The Morgan fingerprint density at radius 3 is 2.13 bits per heavy atom. The van der Waals surface area contributed by atoms with Crippen molar-refractivity contribution in [3.63, 3.8) is 0 Å². The maximum absolute atomic E-state index is 13.5. The van der Waals surface area contributed by atoms with Gasteiger partial charge in [-0.15, -0.1) is 0 Å². The van der Waals surface area contributed by atoms with Gasteiger partial charge in [-0.3, -0.25) is 19.3 Å². The van der Waals surface area contributed by atoms with Gasteiger partial charge in [-0.05, 0) is 34.9 Å². The molecule has 1 fully saturated rings. The Labute approximate surface area is 180 Å². The third-order valence-electron chi connectivity index (χ3n) is 5.33. The van der Waals surface area contributed by atoms with Gasteiger partial charge in [0.25, 0.3) is 11.8 Å². The van der Waals surface area contributed by atoms with Gasteiger partial charge in [0.1, 0.15) is 5.75 Å². The number of likely N-dealkylation sites (tertiary alicyclic amines) is 1. The molecule has 0 aliphatic carbocycles. The summed E-state index contributed by atoms with van der Waals surface area (Å²) < 4.78 is 5.19. The first-order valence-electron chi connectivity index (χ1n) is 9.94. The van der Waals surface area contributed by atoms with Crippen LogP contribution in [0.15, 0.2) is 84.9 Å². The molecular formula is C26H21NO4. The fraction of sp³-hybridized carbons (Fsp3) is 0.115. The summed E-state index contributed by atoms with van der Waals surface area (Å²) in [5, 5.41) is 0. The average molecular weight is 411 g/mol. The highest BCUT2D eigenvalue weighted by Crippen LogP contribution is 2.29. The smallest absolute Gasteiger partial charge is 0.297 e. The molecule has 1 aliphatic heterocycles. The topological polar surface area (TPSA) is 63.7 Å². The molecule has 1 aliphatic rings. The number of imide groups is 1. The van der Waals surface area contributed by atoms with Crippen molar-refractivity contribution in [3.8, 4) is 5.75 Å². The van der Waals surface area contributed by atoms with E-state index in [0.717, 1.165) is 16.0 Å². The summed E-state index contributed by atoms with van der Waals surface area (Å²) in [4.78, 5) is 39.9. The van der Waals surface area contributed by atoms with Crippen LogP contribution in [-0.4, -0.2) is 36.2 Å². The highest BCUT2D eigenvalue weighted by atomic mass is 16.5. The lowest BCUT2D eigenvalue weighted by atomic mass is 9.97. The van der Waals surface area contributed by atoms with E-state index in [9.17, 15) is 14.4 Å². The molecule has 0 saturated carbocycles. The summed E-state index contributed by atoms with van der Waals surface area (Å²) in [6.07, 6.45) is 1.73. The third kappa shape index (κ3) is 4.16. The van der Waals surface area contributed by atoms with Gasteiger partial charge in [-0.2, -0.15) is 0 Å². The fourth-order valence-corrected chi connectivity index (χ4v) is 3.65. The summed E-state index contributed by atoms with van der Waals surface area (Å²) in [7, 11) is 1.59. The largest absolute Gasteiger partial charge is 0.497 e. The van der Waals surface area contributed by atoms with Gasteiger partial charge in [0, 0.05) is 12.1 Å². The molecule has 154 valence electrons. The van der Waals surface area contributed by atoms with Crippen LogP contribution in [-0.2, 0) is 14.4 Å². The summed E-state index contributed by atoms with van der Waals surface area (Å²) in [6.45, 7) is 0.0350. The van der Waals surface area contributed by atoms with Crippen LogP contribution in [0.4, 0.5) is 0 Å². The fourth-order valence-electron chi connectivity index (χ4n) is 3.65. The number of nitrogens with zero attached hydrogens (tertiary/aromatic N) is 1. The molecule has 0 radical (unpaired) electrons. The Hall–Kier alpha value is -3.99. The maximum Gasteiger partial charge on any atom is 0.297 e. The normalized spacial score (nSPS) is 16.5. The van der Waals surface area contributed by atoms with Crippen molar-refractivity contribution in [2.45, 2.75) is 5.92 Å². The molecule has 2 amide bonds. The molecular weight excluding hydrogens is 390 g/mol. The lowest BCUT2D eigenvalue weighted by molar-refractivity contribution is -0.145. The Morgan fingerprint density at radius 1 is 0.903 bits per heavy atom. The van der Waals surface area contributed by atoms with Crippen LogP contribution in [0.2, 0.25) is 0 Å². The van der Waals surface area contributed by atoms with Gasteiger partial charge in [-0.1, -0.05) is 72.8 Å². The molecule has 1 atom stereocenters. The zero-order valence-electron chi connectivity index (χ0n) is 17.0. The second kappa shape index (κ2) is 8.79. The number of carbonyl (C=O) groups is 3. The molecule has 0 aromatic heterocycles. The molecule has 0 bridgehead atoms. The predicted molar refractivity (Wildman–Crippen MR) is 118 cm³/mol. The van der Waals surface area contributed by atoms with E-state index in [0.29, 0.717) is 16.9 Å². The van der Waals surface area contributed by atoms with Crippen LogP contribution in [0.3, 0.4) is 0 Å². The monoisotopic (exact) mass is 411 g/mol. The lowest BCUT2D eigenvalue weighted by Gasteiger charge is -2.17. The van der Waals surface area contributed by atoms with E-state index in [4.69, 9.17) is 4.74 Å². The van der Waals surface area contributed by atoms with Gasteiger partial charge < -0.3 is 4.74 Å². The van der Waals surface area contributed by atoms with Crippen molar-refractivity contribution in [1.82, 2.24) is 4.90 Å². The minimum absolute atomic E-state index is 0.0350. The number of benzene rings is 3. The van der Waals surface area contributed by atoms with Gasteiger partial charge in [0.05, 0.1) is 13.0 Å². The SMILES string of the molecule is COc1ccc(/C=C(/C(=O)N2C[C@H](c3ccccc3)C(=O)C2=O)c2ccccc2)cc1. The van der Waals surface area contributed by atoms with Gasteiger partial charge in [0.15, 0.2) is 0 Å². The number of rotatable bonds is 5. The van der Waals surface area contributed by atoms with E-state index < -0.39 is 23.5 Å². The maximum atomic E-state index is 13.5. The van der Waals surface area contributed by atoms with Gasteiger partial charge in [-0.25, -0.2) is 0 Å². The van der Waals surface area contributed by atoms with Crippen LogP contribution in [0, 0.1) is 0 Å². The number of Topliss-reactive ketones (excluding diaryl/α,β-unsaturated/α-hetero) is 1. The summed E-state index contributed by atoms with van der Waals surface area (Å²) in [5.74, 6) is -1.75. The molecule has 3 aromatic rings. The molecule has 31 heavy (non-hydrogen) atoms. The second-order valence-corrected chi connectivity index (χ2v) is 7.25. The van der Waals surface area contributed by atoms with Crippen molar-refractivity contribution < 1.29 is 19.1 Å². The number of amides is 2. The summed E-state index contributed by atoms with van der Waals surface area (Å²) in [6, 6.07) is 25.5. The highest BCUT2D eigenvalue weighted by molar-refractivity contribution is 6.45. The zero-order valence-corrected chi connectivity index (χ0v) is 17.0. The van der Waals surface area contributed by atoms with Crippen molar-refractivity contribution in [3.05, 3.63) is 102 Å². The van der Waals surface area contributed by atoms with Crippen LogP contribution in [0.25, 0.3) is 11.6 Å². The molecule has 1 saturated heterocycles. The lowest BCUT2D eigenvalue weighted by Crippen LogP contribution is -2.34. The number of ether oxygens (including phenoxy) is 1. The molecule has 0 N–H and O–H groups in total. The molecule has 4 rings (SSSR count). The first-order valence-corrected chi connectivity index (χ1v) is 9.94. The van der Waals surface area contributed by atoms with Crippen molar-refractivity contribution in [2.75, 3.05) is 13.7 Å². The van der Waals surface area contributed by atoms with E-state index in [1.165, 1.54) is 0 Å². The molecule has 5 heteroatoms. The van der Waals surface area contributed by atoms with Crippen molar-refractivity contribution >= 4 is 29.2 Å². The minimum atomic E-state index is -0.768. The number of carbonyl (C=O) groups excluding carboxylic acids is 3. The number of methoxy groups -OCH3 is 1. The van der Waals surface area contributed by atoms with Crippen LogP contribution in [0.1, 0.15) is 22.6 Å². The molecule has 1 heterocycles. The molecule has 0 unspecified atom stereocenters. The Balaban J connectivity index is 1.70. The van der Waals surface area contributed by atoms with Crippen molar-refractivity contribution in [1.29, 1.82) is 0 Å². The molecule has 3 aromatic carbocycles. The summed E-state index contributed by atoms with van der Waals surface area (Å²) >= 11 is 0. The Bertz CT molecular complexity index is 1140. The second-order valence-electron chi connectivity index (χ2n) is 7.25. The third-order valence-corrected chi connectivity index (χ3v) is 5.33. The zero-order chi connectivity index (χ0) is 21.8. The Kier molecular flexibility index (Phi) is 5.76. The average Bonchev–Trinajstić information content (AvgIpc) is 3.13. The predicted octanol–water partition coefficient (Wildman–Crippen LogP) is 3.96. The summed E-state index contributed by atoms with van der Waals surface area (Å²) in [5.41, 5.74) is 2.54. The minimum Gasteiger partial charge on any atom is -0.497 e. The quantitative estimate of drug-likeness (QED) is 0.362. The van der Waals surface area contributed by atoms with E-state index >= 15 is 0 Å². The highest BCUT2D eigenvalue weighted by Gasteiger charge is 2.43. The van der Waals surface area contributed by atoms with E-state index in [1.54, 1.807) is 37.5 Å². The first kappa shape index (κ1) is 20.3. The Morgan fingerprint density at radius 2 is 1.52 bits per heavy atom. The van der Waals surface area contributed by atoms with E-state index in [1.807, 2.05) is 60.7 Å². The molecule has 5 nitrogen and oxygen atoms in total. The first-order chi connectivity index (χ1) is 15.1. The number of hydrogen-bond acceptors (Lipinski definition) is 4. The molecule has 0 spiro atoms. The van der Waals surface area contributed by atoms with Crippen LogP contribution >= 0.6 is 0 Å². The van der Waals surface area contributed by atoms with Gasteiger partial charge >= 0.3 is 0 Å². The standard InChI is InChI=1S/C26H21NO4/c1-31-21-14-12-18(13-15-21)16-22(19-8-4-2-5-9-19)25(29)27-17-23(24(28)26(27)30)20-10-6-3-7-11-20/h2-16,23H,17H2,1H3/b22-16+/t23-/m1/s1. The van der Waals surface area contributed by atoms with E-state index in [-0.39, 0.29) is 6.54 Å². The number of ketones is 1. The number of hydrogen-bond donors (Lipinski definition) is 0. The van der Waals surface area contributed by atoms with Crippen molar-refractivity contribution in [2.24, 2.45) is 0 Å². The van der Waals surface area contributed by atoms with Crippen LogP contribution < -0.4 is 4.74 Å².